The van der Waals surface area contributed by atoms with Gasteiger partial charge in [0.25, 0.3) is 5.91 Å². The first-order valence-corrected chi connectivity index (χ1v) is 16.1. The van der Waals surface area contributed by atoms with Crippen LogP contribution in [0.15, 0.2) is 18.3 Å². The molecule has 2 aromatic heterocycles. The van der Waals surface area contributed by atoms with Gasteiger partial charge in [0.2, 0.25) is 0 Å². The van der Waals surface area contributed by atoms with Crippen LogP contribution >= 0.6 is 0 Å². The standard InChI is InChI=1S/C24H39N7O.3C2HF3O2/c1-5-28(6-2)12-11-25-24(32)20-9-10-22-26-27-23(31(22)16-20)21-17-29(15-19-7-8-19)13-14-30(21)18(3)4;3*3-2(4,5)1(6)7/h9-10,16,18-19,21H,5-8,11-15,17H2,1-4H3,(H,25,32);3*(H,6,7). The average molecular weight is 784 g/mol. The fourth-order valence-electron chi connectivity index (χ4n) is 4.77. The molecule has 3 heterocycles. The van der Waals surface area contributed by atoms with Gasteiger partial charge in [0.15, 0.2) is 11.5 Å². The maximum absolute atomic E-state index is 12.8. The lowest BCUT2D eigenvalue weighted by Crippen LogP contribution is -2.51. The summed E-state index contributed by atoms with van der Waals surface area (Å²) in [7, 11) is 0. The zero-order chi connectivity index (χ0) is 40.9. The zero-order valence-corrected chi connectivity index (χ0v) is 29.1. The highest BCUT2D eigenvalue weighted by atomic mass is 19.4. The minimum atomic E-state index is -5.08. The minimum Gasteiger partial charge on any atom is -0.475 e. The molecule has 1 aliphatic heterocycles. The van der Waals surface area contributed by atoms with Crippen LogP contribution in [0, 0.1) is 5.92 Å². The summed E-state index contributed by atoms with van der Waals surface area (Å²) in [5.41, 5.74) is 1.45. The third-order valence-electron chi connectivity index (χ3n) is 7.71. The molecule has 23 heteroatoms. The number of aliphatic carboxylic acids is 3. The fraction of sp³-hybridized carbons (Fsp3) is 0.667. The van der Waals surface area contributed by atoms with E-state index in [1.807, 2.05) is 22.7 Å². The highest BCUT2D eigenvalue weighted by Crippen LogP contribution is 2.33. The molecule has 53 heavy (non-hydrogen) atoms. The van der Waals surface area contributed by atoms with Gasteiger partial charge >= 0.3 is 36.4 Å². The fourth-order valence-corrected chi connectivity index (χ4v) is 4.77. The second kappa shape index (κ2) is 20.3. The third-order valence-corrected chi connectivity index (χ3v) is 7.71. The van der Waals surface area contributed by atoms with E-state index in [-0.39, 0.29) is 11.9 Å². The van der Waals surface area contributed by atoms with E-state index in [0.717, 1.165) is 56.7 Å². The second-order valence-electron chi connectivity index (χ2n) is 11.9. The normalized spacial score (nSPS) is 16.8. The van der Waals surface area contributed by atoms with Crippen LogP contribution in [-0.2, 0) is 14.4 Å². The Kier molecular flexibility index (Phi) is 17.9. The summed E-state index contributed by atoms with van der Waals surface area (Å²) < 4.78 is 97.2. The number of nitrogens with zero attached hydrogens (tertiary/aromatic N) is 6. The molecule has 1 amide bonds. The number of likely N-dealkylation sites (N-methyl/N-ethyl adjacent to an activating group) is 1. The largest absolute Gasteiger partial charge is 0.490 e. The van der Waals surface area contributed by atoms with Gasteiger partial charge in [-0.05, 0) is 57.8 Å². The number of carbonyl (C=O) groups is 4. The van der Waals surface area contributed by atoms with Crippen LogP contribution in [-0.4, -0.2) is 145 Å². The number of carbonyl (C=O) groups excluding carboxylic acids is 1. The smallest absolute Gasteiger partial charge is 0.475 e. The predicted octanol–water partition coefficient (Wildman–Crippen LogP) is 4.18. The van der Waals surface area contributed by atoms with E-state index < -0.39 is 36.4 Å². The predicted molar refractivity (Wildman–Crippen MR) is 168 cm³/mol. The number of hydrogen-bond donors (Lipinski definition) is 4. The number of aromatic nitrogens is 3. The monoisotopic (exact) mass is 783 g/mol. The Morgan fingerprint density at radius 2 is 1.34 bits per heavy atom. The van der Waals surface area contributed by atoms with Crippen molar-refractivity contribution >= 4 is 29.5 Å². The lowest BCUT2D eigenvalue weighted by atomic mass is 10.1. The zero-order valence-electron chi connectivity index (χ0n) is 29.1. The third kappa shape index (κ3) is 16.5. The molecule has 2 fully saturated rings. The summed E-state index contributed by atoms with van der Waals surface area (Å²) in [5.74, 6) is -6.50. The van der Waals surface area contributed by atoms with Crippen LogP contribution in [0.4, 0.5) is 39.5 Å². The number of carboxylic acids is 3. The van der Waals surface area contributed by atoms with E-state index in [0.29, 0.717) is 18.2 Å². The number of piperazine rings is 1. The molecule has 0 bridgehead atoms. The minimum absolute atomic E-state index is 0.0431. The van der Waals surface area contributed by atoms with Gasteiger partial charge < -0.3 is 25.5 Å². The van der Waals surface area contributed by atoms with E-state index in [1.165, 1.54) is 19.4 Å². The molecule has 302 valence electrons. The number of halogens is 9. The van der Waals surface area contributed by atoms with Crippen LogP contribution < -0.4 is 5.32 Å². The summed E-state index contributed by atoms with van der Waals surface area (Å²) in [6.45, 7) is 16.6. The number of pyridine rings is 1. The van der Waals surface area contributed by atoms with Crippen LogP contribution in [0.2, 0.25) is 0 Å². The Labute approximate surface area is 297 Å². The van der Waals surface area contributed by atoms with Gasteiger partial charge in [-0.1, -0.05) is 13.8 Å². The molecule has 2 aromatic rings. The Bertz CT molecular complexity index is 1440. The molecule has 0 aromatic carbocycles. The van der Waals surface area contributed by atoms with Crippen molar-refractivity contribution in [2.75, 3.05) is 52.4 Å². The number of nitrogens with one attached hydrogen (secondary N) is 1. The molecule has 14 nitrogen and oxygen atoms in total. The first-order valence-electron chi connectivity index (χ1n) is 16.1. The van der Waals surface area contributed by atoms with Crippen molar-refractivity contribution in [3.8, 4) is 0 Å². The quantitative estimate of drug-likeness (QED) is 0.253. The molecule has 4 rings (SSSR count). The number of fused-ring (bicyclic) bond motifs is 1. The molecule has 4 N–H and O–H groups in total. The highest BCUT2D eigenvalue weighted by molar-refractivity contribution is 5.94. The summed E-state index contributed by atoms with van der Waals surface area (Å²) in [6, 6.07) is 4.36. The summed E-state index contributed by atoms with van der Waals surface area (Å²) >= 11 is 0. The highest BCUT2D eigenvalue weighted by Gasteiger charge is 2.40. The summed E-state index contributed by atoms with van der Waals surface area (Å²) in [5, 5.41) is 33.5. The van der Waals surface area contributed by atoms with Crippen LogP contribution in [0.5, 0.6) is 0 Å². The topological polar surface area (TPSA) is 181 Å². The molecule has 1 saturated carbocycles. The van der Waals surface area contributed by atoms with E-state index in [1.54, 1.807) is 0 Å². The number of hydrogen-bond acceptors (Lipinski definition) is 9. The van der Waals surface area contributed by atoms with Gasteiger partial charge in [0.1, 0.15) is 0 Å². The van der Waals surface area contributed by atoms with Crippen LogP contribution in [0.1, 0.15) is 62.8 Å². The molecular weight excluding hydrogens is 741 g/mol. The number of amides is 1. The molecule has 2 aliphatic rings. The molecule has 1 aliphatic carbocycles. The molecule has 1 unspecified atom stereocenters. The molecule has 1 saturated heterocycles. The summed E-state index contributed by atoms with van der Waals surface area (Å²) in [6.07, 6.45) is -10.6. The number of carboxylic acid groups (broad SMARTS) is 3. The van der Waals surface area contributed by atoms with E-state index >= 15 is 0 Å². The van der Waals surface area contributed by atoms with Gasteiger partial charge in [0, 0.05) is 51.5 Å². The molecular formula is C30H42F9N7O7. The number of rotatable bonds is 10. The maximum atomic E-state index is 12.8. The lowest BCUT2D eigenvalue weighted by molar-refractivity contribution is -0.193. The van der Waals surface area contributed by atoms with Crippen LogP contribution in [0.3, 0.4) is 0 Å². The Balaban J connectivity index is 0.000000545. The van der Waals surface area contributed by atoms with Crippen molar-refractivity contribution in [2.45, 2.75) is 71.1 Å². The maximum Gasteiger partial charge on any atom is 0.490 e. The molecule has 1 atom stereocenters. The number of alkyl halides is 9. The molecule has 0 radical (unpaired) electrons. The van der Waals surface area contributed by atoms with Crippen molar-refractivity contribution in [2.24, 2.45) is 5.92 Å². The van der Waals surface area contributed by atoms with Crippen LogP contribution in [0.25, 0.3) is 5.65 Å². The average Bonchev–Trinajstić information content (AvgIpc) is 3.77. The van der Waals surface area contributed by atoms with Crippen molar-refractivity contribution in [1.29, 1.82) is 0 Å². The Hall–Kier alpha value is -4.25. The van der Waals surface area contributed by atoms with Gasteiger partial charge in [0.05, 0.1) is 11.6 Å². The first-order chi connectivity index (χ1) is 24.3. The molecule has 0 spiro atoms. The van der Waals surface area contributed by atoms with Gasteiger partial charge in [-0.25, -0.2) is 14.4 Å². The Morgan fingerprint density at radius 3 is 1.75 bits per heavy atom. The van der Waals surface area contributed by atoms with Gasteiger partial charge in [-0.15, -0.1) is 10.2 Å². The lowest BCUT2D eigenvalue weighted by Gasteiger charge is -2.42. The van der Waals surface area contributed by atoms with Gasteiger partial charge in [-0.3, -0.25) is 19.0 Å². The van der Waals surface area contributed by atoms with Crippen molar-refractivity contribution in [3.05, 3.63) is 29.7 Å². The van der Waals surface area contributed by atoms with Crippen molar-refractivity contribution in [3.63, 3.8) is 0 Å². The SMILES string of the molecule is CCN(CC)CCNC(=O)c1ccc2nnc(C3CN(CC4CC4)CCN3C(C)C)n2c1.O=C(O)C(F)(F)F.O=C(O)C(F)(F)F.O=C(O)C(F)(F)F. The van der Waals surface area contributed by atoms with Gasteiger partial charge in [-0.2, -0.15) is 39.5 Å². The Morgan fingerprint density at radius 1 is 0.849 bits per heavy atom. The second-order valence-corrected chi connectivity index (χ2v) is 11.9. The summed E-state index contributed by atoms with van der Waals surface area (Å²) in [4.78, 5) is 46.9. The first kappa shape index (κ1) is 46.8. The van der Waals surface area contributed by atoms with E-state index in [9.17, 15) is 44.3 Å². The van der Waals surface area contributed by atoms with E-state index in [2.05, 4.69) is 57.9 Å². The van der Waals surface area contributed by atoms with Crippen molar-refractivity contribution in [1.82, 2.24) is 34.6 Å². The van der Waals surface area contributed by atoms with E-state index in [4.69, 9.17) is 29.7 Å². The van der Waals surface area contributed by atoms with Crippen molar-refractivity contribution < 1.29 is 74.0 Å².